The molecule has 1 aromatic heterocycles. The number of para-hydroxylation sites is 2. The van der Waals surface area contributed by atoms with Crippen molar-refractivity contribution in [3.63, 3.8) is 0 Å². The molecule has 3 aromatic rings. The molecule has 1 aliphatic carbocycles. The SMILES string of the molecule is Cc1cc(-c2nc3ccccc3n2[C@H](C)C(=O)OC2CC(C)CCC2C(C)C)ccc1N(C)C. The van der Waals surface area contributed by atoms with Gasteiger partial charge in [-0.15, -0.1) is 0 Å². The summed E-state index contributed by atoms with van der Waals surface area (Å²) in [7, 11) is 4.09. The summed E-state index contributed by atoms with van der Waals surface area (Å²) in [6.45, 7) is 10.8. The monoisotopic (exact) mass is 461 g/mol. The maximum absolute atomic E-state index is 13.5. The Bertz CT molecular complexity index is 1160. The van der Waals surface area contributed by atoms with E-state index >= 15 is 0 Å². The number of nitrogens with zero attached hydrogens (tertiary/aromatic N) is 3. The Morgan fingerprint density at radius 2 is 1.85 bits per heavy atom. The molecule has 1 fully saturated rings. The van der Waals surface area contributed by atoms with Crippen molar-refractivity contribution in [1.82, 2.24) is 9.55 Å². The first kappa shape index (κ1) is 24.3. The summed E-state index contributed by atoms with van der Waals surface area (Å²) in [5.41, 5.74) is 5.19. The van der Waals surface area contributed by atoms with Gasteiger partial charge in [0.25, 0.3) is 0 Å². The van der Waals surface area contributed by atoms with Crippen LogP contribution in [0.5, 0.6) is 0 Å². The van der Waals surface area contributed by atoms with E-state index in [0.717, 1.165) is 35.3 Å². The molecule has 0 bridgehead atoms. The Kier molecular flexibility index (Phi) is 7.01. The van der Waals surface area contributed by atoms with Gasteiger partial charge in [-0.2, -0.15) is 0 Å². The van der Waals surface area contributed by atoms with Crippen molar-refractivity contribution >= 4 is 22.7 Å². The fourth-order valence-corrected chi connectivity index (χ4v) is 5.54. The van der Waals surface area contributed by atoms with Gasteiger partial charge in [-0.25, -0.2) is 9.78 Å². The molecule has 5 heteroatoms. The molecule has 0 spiro atoms. The van der Waals surface area contributed by atoms with Crippen molar-refractivity contribution in [2.75, 3.05) is 19.0 Å². The minimum Gasteiger partial charge on any atom is -0.461 e. The maximum Gasteiger partial charge on any atom is 0.329 e. The number of anilines is 1. The Labute approximate surface area is 204 Å². The summed E-state index contributed by atoms with van der Waals surface area (Å²) in [6.07, 6.45) is 3.27. The Morgan fingerprint density at radius 1 is 1.12 bits per heavy atom. The molecule has 3 unspecified atom stereocenters. The third-order valence-corrected chi connectivity index (χ3v) is 7.49. The van der Waals surface area contributed by atoms with Crippen LogP contribution in [0.3, 0.4) is 0 Å². The Balaban J connectivity index is 1.71. The molecule has 0 radical (unpaired) electrons. The number of rotatable bonds is 6. The Morgan fingerprint density at radius 3 is 2.53 bits per heavy atom. The average molecular weight is 462 g/mol. The minimum atomic E-state index is -0.471. The fourth-order valence-electron chi connectivity index (χ4n) is 5.54. The number of carbonyl (C=O) groups excluding carboxylic acids is 1. The van der Waals surface area contributed by atoms with Crippen molar-refractivity contribution in [3.05, 3.63) is 48.0 Å². The molecule has 34 heavy (non-hydrogen) atoms. The first-order valence-corrected chi connectivity index (χ1v) is 12.6. The second kappa shape index (κ2) is 9.81. The van der Waals surface area contributed by atoms with Gasteiger partial charge in [0.05, 0.1) is 11.0 Å². The standard InChI is InChI=1S/C29H39N3O2/c1-18(2)23-14-12-19(3)16-27(23)34-29(33)21(5)32-26-11-9-8-10-24(26)30-28(32)22-13-15-25(31(6)7)20(4)17-22/h8-11,13,15,17-19,21,23,27H,12,14,16H2,1-7H3/t19?,21-,23?,27?/m1/s1. The van der Waals surface area contributed by atoms with Crippen LogP contribution < -0.4 is 4.90 Å². The molecule has 0 saturated heterocycles. The van der Waals surface area contributed by atoms with Crippen LogP contribution in [0.25, 0.3) is 22.4 Å². The molecule has 0 amide bonds. The highest BCUT2D eigenvalue weighted by Gasteiger charge is 2.35. The highest BCUT2D eigenvalue weighted by Crippen LogP contribution is 2.37. The van der Waals surface area contributed by atoms with Crippen LogP contribution in [0.15, 0.2) is 42.5 Å². The predicted octanol–water partition coefficient (Wildman–Crippen LogP) is 6.64. The maximum atomic E-state index is 13.5. The quantitative estimate of drug-likeness (QED) is 0.386. The van der Waals surface area contributed by atoms with Crippen molar-refractivity contribution in [2.45, 2.75) is 66.0 Å². The number of aromatic nitrogens is 2. The van der Waals surface area contributed by atoms with Gasteiger partial charge >= 0.3 is 5.97 Å². The van der Waals surface area contributed by atoms with E-state index in [2.05, 4.69) is 55.4 Å². The lowest BCUT2D eigenvalue weighted by molar-refractivity contribution is -0.159. The topological polar surface area (TPSA) is 47.4 Å². The third kappa shape index (κ3) is 4.70. The number of hydrogen-bond acceptors (Lipinski definition) is 4. The lowest BCUT2D eigenvalue weighted by atomic mass is 9.75. The number of aryl methyl sites for hydroxylation is 1. The summed E-state index contributed by atoms with van der Waals surface area (Å²) in [5, 5.41) is 0. The average Bonchev–Trinajstić information content (AvgIpc) is 3.17. The van der Waals surface area contributed by atoms with Crippen LogP contribution in [-0.4, -0.2) is 35.7 Å². The molecular formula is C29H39N3O2. The number of esters is 1. The van der Waals surface area contributed by atoms with E-state index in [4.69, 9.17) is 9.72 Å². The predicted molar refractivity (Wildman–Crippen MR) is 140 cm³/mol. The van der Waals surface area contributed by atoms with Gasteiger partial charge in [-0.05, 0) is 80.3 Å². The zero-order valence-corrected chi connectivity index (χ0v) is 21.7. The first-order valence-electron chi connectivity index (χ1n) is 12.6. The van der Waals surface area contributed by atoms with E-state index in [1.54, 1.807) is 0 Å². The zero-order valence-electron chi connectivity index (χ0n) is 21.7. The lowest BCUT2D eigenvalue weighted by Crippen LogP contribution is -2.37. The third-order valence-electron chi connectivity index (χ3n) is 7.49. The van der Waals surface area contributed by atoms with E-state index in [0.29, 0.717) is 17.8 Å². The Hall–Kier alpha value is -2.82. The number of imidazole rings is 1. The van der Waals surface area contributed by atoms with E-state index in [1.165, 1.54) is 17.7 Å². The van der Waals surface area contributed by atoms with Crippen molar-refractivity contribution < 1.29 is 9.53 Å². The molecule has 4 rings (SSSR count). The molecule has 182 valence electrons. The number of ether oxygens (including phenoxy) is 1. The van der Waals surface area contributed by atoms with Crippen LogP contribution in [0, 0.1) is 24.7 Å². The molecular weight excluding hydrogens is 422 g/mol. The summed E-state index contributed by atoms with van der Waals surface area (Å²) >= 11 is 0. The highest BCUT2D eigenvalue weighted by molar-refractivity contribution is 5.85. The van der Waals surface area contributed by atoms with Gasteiger partial charge in [-0.1, -0.05) is 39.3 Å². The van der Waals surface area contributed by atoms with Crippen molar-refractivity contribution in [1.29, 1.82) is 0 Å². The minimum absolute atomic E-state index is 0.0152. The molecule has 1 heterocycles. The van der Waals surface area contributed by atoms with Crippen LogP contribution in [0.2, 0.25) is 0 Å². The zero-order chi connectivity index (χ0) is 24.6. The van der Waals surface area contributed by atoms with E-state index in [-0.39, 0.29) is 12.1 Å². The highest BCUT2D eigenvalue weighted by atomic mass is 16.5. The largest absolute Gasteiger partial charge is 0.461 e. The summed E-state index contributed by atoms with van der Waals surface area (Å²) < 4.78 is 8.30. The molecule has 0 N–H and O–H groups in total. The van der Waals surface area contributed by atoms with Crippen LogP contribution >= 0.6 is 0 Å². The molecule has 1 saturated carbocycles. The normalized spacial score (nSPS) is 21.6. The van der Waals surface area contributed by atoms with Crippen molar-refractivity contribution in [3.8, 4) is 11.4 Å². The van der Waals surface area contributed by atoms with Crippen LogP contribution in [0.1, 0.15) is 58.6 Å². The molecule has 2 aromatic carbocycles. The molecule has 4 atom stereocenters. The summed E-state index contributed by atoms with van der Waals surface area (Å²) in [6, 6.07) is 13.9. The van der Waals surface area contributed by atoms with Gasteiger partial charge in [0.2, 0.25) is 0 Å². The number of hydrogen-bond donors (Lipinski definition) is 0. The number of fused-ring (bicyclic) bond motifs is 1. The fraction of sp³-hybridized carbons (Fsp3) is 0.517. The van der Waals surface area contributed by atoms with Crippen LogP contribution in [-0.2, 0) is 9.53 Å². The van der Waals surface area contributed by atoms with Crippen molar-refractivity contribution in [2.24, 2.45) is 17.8 Å². The van der Waals surface area contributed by atoms with E-state index in [9.17, 15) is 4.79 Å². The number of benzene rings is 2. The second-order valence-electron chi connectivity index (χ2n) is 10.7. The van der Waals surface area contributed by atoms with Gasteiger partial charge < -0.3 is 14.2 Å². The second-order valence-corrected chi connectivity index (χ2v) is 10.7. The smallest absolute Gasteiger partial charge is 0.329 e. The lowest BCUT2D eigenvalue weighted by Gasteiger charge is -2.37. The van der Waals surface area contributed by atoms with Gasteiger partial charge in [0, 0.05) is 25.3 Å². The first-order chi connectivity index (χ1) is 16.2. The summed E-state index contributed by atoms with van der Waals surface area (Å²) in [4.78, 5) is 20.6. The molecule has 1 aliphatic rings. The van der Waals surface area contributed by atoms with E-state index < -0.39 is 6.04 Å². The van der Waals surface area contributed by atoms with Gasteiger partial charge in [0.15, 0.2) is 0 Å². The van der Waals surface area contributed by atoms with Gasteiger partial charge in [-0.3, -0.25) is 0 Å². The summed E-state index contributed by atoms with van der Waals surface area (Å²) in [5.74, 6) is 2.15. The molecule has 5 nitrogen and oxygen atoms in total. The number of carbonyl (C=O) groups is 1. The van der Waals surface area contributed by atoms with Crippen LogP contribution in [0.4, 0.5) is 5.69 Å². The molecule has 0 aliphatic heterocycles. The van der Waals surface area contributed by atoms with Gasteiger partial charge in [0.1, 0.15) is 18.0 Å². The van der Waals surface area contributed by atoms with E-state index in [1.807, 2.05) is 45.3 Å².